The fourth-order valence-electron chi connectivity index (χ4n) is 0.549. The van der Waals surface area contributed by atoms with Crippen molar-refractivity contribution in [2.24, 2.45) is 7.05 Å². The molecule has 0 aliphatic heterocycles. The van der Waals surface area contributed by atoms with Crippen molar-refractivity contribution >= 4 is 0 Å². The van der Waals surface area contributed by atoms with Crippen LogP contribution >= 0.6 is 0 Å². The first-order valence-corrected chi connectivity index (χ1v) is 2.59. The smallest absolute Gasteiger partial charge is 0.00897 e. The van der Waals surface area contributed by atoms with Gasteiger partial charge in [-0.15, -0.1) is 11.9 Å². The van der Waals surface area contributed by atoms with Gasteiger partial charge in [0.15, 0.2) is 0 Å². The van der Waals surface area contributed by atoms with E-state index in [2.05, 4.69) is 11.3 Å². The van der Waals surface area contributed by atoms with Crippen molar-refractivity contribution in [3.63, 3.8) is 0 Å². The normalized spacial score (nSPS) is 8.78. The van der Waals surface area contributed by atoms with Crippen LogP contribution in [0.4, 0.5) is 0 Å². The molecule has 0 saturated heterocycles. The predicted molar refractivity (Wildman–Crippen MR) is 31.5 cm³/mol. The first-order chi connectivity index (χ1) is 3.72. The molecule has 0 amide bonds. The largest absolute Gasteiger partial charge is 0.369 e. The van der Waals surface area contributed by atoms with Crippen LogP contribution in [0.3, 0.4) is 0 Å². The molecule has 3 heteroatoms. The van der Waals surface area contributed by atoms with Crippen LogP contribution in [-0.4, -0.2) is 9.78 Å². The summed E-state index contributed by atoms with van der Waals surface area (Å²) in [4.78, 5) is 0. The molecule has 0 aromatic carbocycles. The maximum absolute atomic E-state index is 3.91. The fraction of sp³-hybridized carbons (Fsp3) is 0.500. The Bertz CT molecular complexity index is 173. The summed E-state index contributed by atoms with van der Waals surface area (Å²) < 4.78 is 1.81. The Morgan fingerprint density at radius 1 is 1.44 bits per heavy atom. The van der Waals surface area contributed by atoms with E-state index in [4.69, 9.17) is 0 Å². The molecule has 0 atom stereocenters. The Morgan fingerprint density at radius 3 is 2.11 bits per heavy atom. The number of rotatable bonds is 0. The third-order valence-electron chi connectivity index (χ3n) is 1.40. The minimum Gasteiger partial charge on any atom is -0.369 e. The Morgan fingerprint density at radius 2 is 2.00 bits per heavy atom. The molecule has 0 unspecified atom stereocenters. The molecule has 0 N–H and O–H groups in total. The van der Waals surface area contributed by atoms with Gasteiger partial charge in [0.05, 0.1) is 0 Å². The van der Waals surface area contributed by atoms with Crippen LogP contribution in [0.1, 0.15) is 11.3 Å². The fourth-order valence-corrected chi connectivity index (χ4v) is 0.549. The Balaban J connectivity index is 0.000000640. The SMILES string of the molecule is Cc1[c-]nn(C)c1C.[Y]. The maximum Gasteiger partial charge on any atom is 0.00897 e. The number of nitrogens with zero attached hydrogens (tertiary/aromatic N) is 2. The zero-order valence-electron chi connectivity index (χ0n) is 5.97. The van der Waals surface area contributed by atoms with E-state index in [1.54, 1.807) is 0 Å². The van der Waals surface area contributed by atoms with Crippen LogP contribution in [0.2, 0.25) is 0 Å². The van der Waals surface area contributed by atoms with Crippen molar-refractivity contribution < 1.29 is 32.7 Å². The quantitative estimate of drug-likeness (QED) is 0.564. The predicted octanol–water partition coefficient (Wildman–Crippen LogP) is 0.835. The molecular weight excluding hydrogens is 189 g/mol. The number of hydrogen-bond donors (Lipinski definition) is 0. The second kappa shape index (κ2) is 3.47. The van der Waals surface area contributed by atoms with Crippen molar-refractivity contribution in [3.8, 4) is 0 Å². The zero-order chi connectivity index (χ0) is 6.15. The minimum absolute atomic E-state index is 0. The van der Waals surface area contributed by atoms with Crippen molar-refractivity contribution in [3.05, 3.63) is 17.5 Å². The molecule has 47 valence electrons. The van der Waals surface area contributed by atoms with Crippen molar-refractivity contribution in [1.82, 2.24) is 9.78 Å². The van der Waals surface area contributed by atoms with E-state index in [1.165, 1.54) is 5.69 Å². The number of aryl methyl sites for hydroxylation is 2. The van der Waals surface area contributed by atoms with Gasteiger partial charge in [0.1, 0.15) is 0 Å². The van der Waals surface area contributed by atoms with E-state index in [1.807, 2.05) is 25.6 Å². The average Bonchev–Trinajstić information content (AvgIpc) is 1.98. The molecule has 1 rings (SSSR count). The van der Waals surface area contributed by atoms with Gasteiger partial charge in [-0.25, -0.2) is 0 Å². The van der Waals surface area contributed by atoms with E-state index in [0.29, 0.717) is 0 Å². The molecule has 0 fully saturated rings. The number of hydrogen-bond acceptors (Lipinski definition) is 1. The maximum atomic E-state index is 3.91. The third kappa shape index (κ3) is 1.87. The molecule has 0 spiro atoms. The Labute approximate surface area is 80.5 Å². The minimum atomic E-state index is 0. The van der Waals surface area contributed by atoms with Gasteiger partial charge in [-0.1, -0.05) is 13.8 Å². The standard InChI is InChI=1S/C6H9N2.Y/c1-5-4-7-8(3)6(5)2;/h1-3H3;/q-1;. The van der Waals surface area contributed by atoms with E-state index in [0.717, 1.165) is 5.56 Å². The molecule has 0 saturated carbocycles. The van der Waals surface area contributed by atoms with Gasteiger partial charge < -0.3 is 9.78 Å². The van der Waals surface area contributed by atoms with Gasteiger partial charge >= 0.3 is 0 Å². The molecule has 1 heterocycles. The summed E-state index contributed by atoms with van der Waals surface area (Å²) in [6, 6.07) is 0. The van der Waals surface area contributed by atoms with Crippen LogP contribution in [0.15, 0.2) is 0 Å². The third-order valence-corrected chi connectivity index (χ3v) is 1.40. The van der Waals surface area contributed by atoms with E-state index >= 15 is 0 Å². The summed E-state index contributed by atoms with van der Waals surface area (Å²) in [6.45, 7) is 4.03. The summed E-state index contributed by atoms with van der Waals surface area (Å²) in [6.07, 6.45) is 2.85. The average molecular weight is 198 g/mol. The zero-order valence-corrected chi connectivity index (χ0v) is 8.81. The first kappa shape index (κ1) is 9.31. The molecule has 2 nitrogen and oxygen atoms in total. The van der Waals surface area contributed by atoms with Crippen LogP contribution in [0, 0.1) is 20.0 Å². The van der Waals surface area contributed by atoms with Crippen LogP contribution in [0.25, 0.3) is 0 Å². The van der Waals surface area contributed by atoms with Crippen LogP contribution in [-0.2, 0) is 39.8 Å². The van der Waals surface area contributed by atoms with Gasteiger partial charge in [0, 0.05) is 39.8 Å². The Kier molecular flexibility index (Phi) is 3.60. The van der Waals surface area contributed by atoms with Gasteiger partial charge in [-0.05, 0) is 0 Å². The van der Waals surface area contributed by atoms with E-state index in [9.17, 15) is 0 Å². The summed E-state index contributed by atoms with van der Waals surface area (Å²) in [5, 5.41) is 3.91. The van der Waals surface area contributed by atoms with Gasteiger partial charge in [0.25, 0.3) is 0 Å². The molecule has 1 radical (unpaired) electrons. The second-order valence-corrected chi connectivity index (χ2v) is 1.95. The number of aromatic nitrogens is 2. The molecule has 0 bridgehead atoms. The monoisotopic (exact) mass is 198 g/mol. The summed E-state index contributed by atoms with van der Waals surface area (Å²) in [5.74, 6) is 0. The molecule has 0 aliphatic carbocycles. The van der Waals surface area contributed by atoms with Gasteiger partial charge in [-0.3, -0.25) is 0 Å². The Hall–Kier alpha value is 0.314. The summed E-state index contributed by atoms with van der Waals surface area (Å²) in [7, 11) is 1.92. The van der Waals surface area contributed by atoms with Crippen molar-refractivity contribution in [1.29, 1.82) is 0 Å². The molecular formula is C6H9N2Y-. The first-order valence-electron chi connectivity index (χ1n) is 2.59. The van der Waals surface area contributed by atoms with Gasteiger partial charge in [0.2, 0.25) is 0 Å². The summed E-state index contributed by atoms with van der Waals surface area (Å²) in [5.41, 5.74) is 2.32. The molecule has 9 heavy (non-hydrogen) atoms. The van der Waals surface area contributed by atoms with E-state index in [-0.39, 0.29) is 32.7 Å². The molecule has 0 aliphatic rings. The van der Waals surface area contributed by atoms with E-state index < -0.39 is 0 Å². The van der Waals surface area contributed by atoms with Crippen LogP contribution in [0.5, 0.6) is 0 Å². The topological polar surface area (TPSA) is 17.8 Å². The molecule has 1 aromatic heterocycles. The van der Waals surface area contributed by atoms with Crippen LogP contribution < -0.4 is 0 Å². The van der Waals surface area contributed by atoms with Crippen molar-refractivity contribution in [2.75, 3.05) is 0 Å². The van der Waals surface area contributed by atoms with Crippen molar-refractivity contribution in [2.45, 2.75) is 13.8 Å². The second-order valence-electron chi connectivity index (χ2n) is 1.95. The molecule has 1 aromatic rings. The van der Waals surface area contributed by atoms with Gasteiger partial charge in [-0.2, -0.15) is 5.56 Å². The summed E-state index contributed by atoms with van der Waals surface area (Å²) >= 11 is 0.